The molecular weight excluding hydrogens is 997 g/mol. The molecule has 6 heteroatoms. The molecule has 0 amide bonds. The van der Waals surface area contributed by atoms with Crippen LogP contribution in [0.5, 0.6) is 0 Å². The van der Waals surface area contributed by atoms with Gasteiger partial charge in [0.15, 0.2) is 6.10 Å². The van der Waals surface area contributed by atoms with Crippen LogP contribution in [-0.4, -0.2) is 37.2 Å². The molecular formula is C75H116O6. The minimum atomic E-state index is -0.822. The molecule has 0 N–H and O–H groups in total. The van der Waals surface area contributed by atoms with Gasteiger partial charge in [-0.1, -0.05) is 261 Å². The molecule has 0 saturated heterocycles. The molecule has 0 aliphatic carbocycles. The van der Waals surface area contributed by atoms with Crippen LogP contribution in [0.15, 0.2) is 182 Å². The van der Waals surface area contributed by atoms with Gasteiger partial charge < -0.3 is 14.2 Å². The first-order valence-electron chi connectivity index (χ1n) is 32.3. The van der Waals surface area contributed by atoms with Crippen molar-refractivity contribution < 1.29 is 28.6 Å². The maximum Gasteiger partial charge on any atom is 0.306 e. The molecule has 0 aliphatic heterocycles. The Morgan fingerprint density at radius 2 is 0.444 bits per heavy atom. The molecule has 0 bridgehead atoms. The summed E-state index contributed by atoms with van der Waals surface area (Å²) in [6, 6.07) is 0. The van der Waals surface area contributed by atoms with Crippen molar-refractivity contribution in [2.24, 2.45) is 0 Å². The topological polar surface area (TPSA) is 78.9 Å². The summed E-state index contributed by atoms with van der Waals surface area (Å²) in [7, 11) is 0. The van der Waals surface area contributed by atoms with Gasteiger partial charge in [0.1, 0.15) is 13.2 Å². The Morgan fingerprint density at radius 1 is 0.247 bits per heavy atom. The van der Waals surface area contributed by atoms with Crippen LogP contribution in [0, 0.1) is 0 Å². The van der Waals surface area contributed by atoms with E-state index in [0.29, 0.717) is 19.3 Å². The van der Waals surface area contributed by atoms with E-state index in [9.17, 15) is 14.4 Å². The maximum atomic E-state index is 12.9. The molecule has 6 nitrogen and oxygen atoms in total. The fourth-order valence-corrected chi connectivity index (χ4v) is 8.17. The van der Waals surface area contributed by atoms with Crippen molar-refractivity contribution in [3.05, 3.63) is 182 Å². The summed E-state index contributed by atoms with van der Waals surface area (Å²) in [5.41, 5.74) is 0. The number of esters is 3. The molecule has 81 heavy (non-hydrogen) atoms. The SMILES string of the molecule is CC/C=C\C/C=C\C/C=C\C/C=C\C/C=C\C/C=C\C/C=C\CCCCCCCCCCCC(=O)OCC(COC(=O)CCCC/C=C\C/C=C\C/C=C\C/C=C\CC)OC(=O)CCCCCC/C=C\C/C=C\C/C=C\C/C=C\CC. The van der Waals surface area contributed by atoms with Gasteiger partial charge in [-0.05, 0) is 154 Å². The monoisotopic (exact) mass is 1110 g/mol. The van der Waals surface area contributed by atoms with Crippen molar-refractivity contribution in [3.8, 4) is 0 Å². The Balaban J connectivity index is 4.41. The predicted molar refractivity (Wildman–Crippen MR) is 352 cm³/mol. The summed E-state index contributed by atoms with van der Waals surface area (Å²) in [6.45, 7) is 6.22. The first-order valence-corrected chi connectivity index (χ1v) is 32.3. The minimum Gasteiger partial charge on any atom is -0.462 e. The lowest BCUT2D eigenvalue weighted by molar-refractivity contribution is -0.167. The second-order valence-electron chi connectivity index (χ2n) is 20.5. The van der Waals surface area contributed by atoms with Crippen molar-refractivity contribution in [2.75, 3.05) is 13.2 Å². The van der Waals surface area contributed by atoms with Crippen LogP contribution in [0.1, 0.15) is 252 Å². The van der Waals surface area contributed by atoms with E-state index in [1.54, 1.807) is 0 Å². The second kappa shape index (κ2) is 67.0. The quantitative estimate of drug-likeness (QED) is 0.0261. The fourth-order valence-electron chi connectivity index (χ4n) is 8.17. The summed E-state index contributed by atoms with van der Waals surface area (Å²) in [5, 5.41) is 0. The van der Waals surface area contributed by atoms with Gasteiger partial charge in [0, 0.05) is 19.3 Å². The van der Waals surface area contributed by atoms with E-state index in [0.717, 1.165) is 167 Å². The normalized spacial score (nSPS) is 13.4. The van der Waals surface area contributed by atoms with Gasteiger partial charge in [-0.25, -0.2) is 0 Å². The summed E-state index contributed by atoms with van der Waals surface area (Å²) < 4.78 is 16.9. The number of hydrogen-bond donors (Lipinski definition) is 0. The molecule has 0 spiro atoms. The maximum absolute atomic E-state index is 12.9. The summed E-state index contributed by atoms with van der Waals surface area (Å²) in [5.74, 6) is -0.993. The fraction of sp³-hybridized carbons (Fsp3) is 0.560. The van der Waals surface area contributed by atoms with Crippen molar-refractivity contribution >= 4 is 17.9 Å². The first kappa shape index (κ1) is 75.5. The van der Waals surface area contributed by atoms with E-state index < -0.39 is 6.10 Å². The Bertz CT molecular complexity index is 1900. The minimum absolute atomic E-state index is 0.113. The molecule has 0 rings (SSSR count). The number of unbranched alkanes of at least 4 members (excludes halogenated alkanes) is 15. The van der Waals surface area contributed by atoms with Gasteiger partial charge in [0.25, 0.3) is 0 Å². The number of hydrogen-bond acceptors (Lipinski definition) is 6. The summed E-state index contributed by atoms with van der Waals surface area (Å²) in [6.07, 6.45) is 100. The lowest BCUT2D eigenvalue weighted by atomic mass is 10.1. The predicted octanol–water partition coefficient (Wildman–Crippen LogP) is 22.4. The highest BCUT2D eigenvalue weighted by atomic mass is 16.6. The van der Waals surface area contributed by atoms with E-state index in [1.807, 2.05) is 0 Å². The van der Waals surface area contributed by atoms with Crippen LogP contribution in [0.25, 0.3) is 0 Å². The molecule has 0 radical (unpaired) electrons. The summed E-state index contributed by atoms with van der Waals surface area (Å²) >= 11 is 0. The third kappa shape index (κ3) is 65.2. The standard InChI is InChI=1S/C75H116O6/c1-4-7-10-13-16-19-22-25-28-30-31-32-33-34-35-36-37-38-39-40-41-42-43-45-47-50-53-56-59-62-65-68-74(77)80-71-72(70-79-73(76)67-64-61-58-55-52-49-46-27-24-21-18-15-12-9-6-3)81-75(78)69-66-63-60-57-54-51-48-44-29-26-23-20-17-14-11-8-5-2/h7-12,16-21,25-29,31-32,34-35,37-38,40-41,46,48,51-52,55,72H,4-6,13-15,22-24,30,33,36,39,42-45,47,49-50,53-54,56-71H2,1-3H3/b10-7-,11-8-,12-9-,19-16-,20-17-,21-18-,28-25-,29-26-,32-31-,35-34-,38-37-,41-40-,46-27-,51-48-,55-52-. The average Bonchev–Trinajstić information content (AvgIpc) is 3.47. The van der Waals surface area contributed by atoms with Gasteiger partial charge in [0.2, 0.25) is 0 Å². The lowest BCUT2D eigenvalue weighted by Gasteiger charge is -2.18. The van der Waals surface area contributed by atoms with Crippen LogP contribution in [0.4, 0.5) is 0 Å². The highest BCUT2D eigenvalue weighted by molar-refractivity contribution is 5.71. The number of rotatable bonds is 56. The van der Waals surface area contributed by atoms with Crippen molar-refractivity contribution in [2.45, 2.75) is 258 Å². The second-order valence-corrected chi connectivity index (χ2v) is 20.5. The van der Waals surface area contributed by atoms with Gasteiger partial charge in [-0.2, -0.15) is 0 Å². The molecule has 1 unspecified atom stereocenters. The summed E-state index contributed by atoms with van der Waals surface area (Å²) in [4.78, 5) is 38.3. The van der Waals surface area contributed by atoms with Gasteiger partial charge >= 0.3 is 17.9 Å². The Labute approximate surface area is 497 Å². The molecule has 0 saturated carbocycles. The van der Waals surface area contributed by atoms with Crippen molar-refractivity contribution in [3.63, 3.8) is 0 Å². The molecule has 0 aromatic carbocycles. The van der Waals surface area contributed by atoms with Gasteiger partial charge in [-0.15, -0.1) is 0 Å². The van der Waals surface area contributed by atoms with Crippen LogP contribution in [0.3, 0.4) is 0 Å². The third-order valence-corrected chi connectivity index (χ3v) is 12.9. The molecule has 0 aliphatic rings. The van der Waals surface area contributed by atoms with Crippen LogP contribution in [0.2, 0.25) is 0 Å². The highest BCUT2D eigenvalue weighted by Gasteiger charge is 2.19. The van der Waals surface area contributed by atoms with Gasteiger partial charge in [0.05, 0.1) is 0 Å². The van der Waals surface area contributed by atoms with E-state index in [4.69, 9.17) is 14.2 Å². The van der Waals surface area contributed by atoms with Crippen molar-refractivity contribution in [1.29, 1.82) is 0 Å². The zero-order valence-corrected chi connectivity index (χ0v) is 51.7. The number of carbonyl (C=O) groups excluding carboxylic acids is 3. The first-order chi connectivity index (χ1) is 40.0. The molecule has 452 valence electrons. The highest BCUT2D eigenvalue weighted by Crippen LogP contribution is 2.14. The number of carbonyl (C=O) groups is 3. The zero-order chi connectivity index (χ0) is 58.5. The lowest BCUT2D eigenvalue weighted by Crippen LogP contribution is -2.30. The zero-order valence-electron chi connectivity index (χ0n) is 51.7. The Morgan fingerprint density at radius 3 is 0.716 bits per heavy atom. The van der Waals surface area contributed by atoms with Crippen LogP contribution in [-0.2, 0) is 28.6 Å². The number of ether oxygens (including phenoxy) is 3. The van der Waals surface area contributed by atoms with Gasteiger partial charge in [-0.3, -0.25) is 14.4 Å². The third-order valence-electron chi connectivity index (χ3n) is 12.9. The van der Waals surface area contributed by atoms with E-state index in [-0.39, 0.29) is 37.5 Å². The number of allylic oxidation sites excluding steroid dienone is 30. The molecule has 0 fully saturated rings. The Hall–Kier alpha value is -5.49. The van der Waals surface area contributed by atoms with E-state index >= 15 is 0 Å². The molecule has 0 heterocycles. The molecule has 0 aromatic rings. The Kier molecular flexibility index (Phi) is 62.5. The van der Waals surface area contributed by atoms with E-state index in [2.05, 4.69) is 203 Å². The van der Waals surface area contributed by atoms with E-state index in [1.165, 1.54) is 38.5 Å². The average molecular weight is 1110 g/mol. The molecule has 0 aromatic heterocycles. The van der Waals surface area contributed by atoms with Crippen LogP contribution >= 0.6 is 0 Å². The van der Waals surface area contributed by atoms with Crippen molar-refractivity contribution in [1.82, 2.24) is 0 Å². The van der Waals surface area contributed by atoms with Crippen LogP contribution < -0.4 is 0 Å². The molecule has 1 atom stereocenters. The largest absolute Gasteiger partial charge is 0.462 e. The smallest absolute Gasteiger partial charge is 0.306 e.